The van der Waals surface area contributed by atoms with Gasteiger partial charge in [-0.1, -0.05) is 0 Å². The molecule has 3 fully saturated rings. The summed E-state index contributed by atoms with van der Waals surface area (Å²) in [6, 6.07) is 0. The van der Waals surface area contributed by atoms with E-state index in [9.17, 15) is 13.6 Å². The fourth-order valence-electron chi connectivity index (χ4n) is 4.89. The van der Waals surface area contributed by atoms with Crippen molar-refractivity contribution in [3.8, 4) is 11.4 Å². The van der Waals surface area contributed by atoms with Crippen LogP contribution in [0.2, 0.25) is 0 Å². The summed E-state index contributed by atoms with van der Waals surface area (Å²) >= 11 is 0. The average Bonchev–Trinajstić information content (AvgIpc) is 2.98. The highest BCUT2D eigenvalue weighted by Crippen LogP contribution is 2.30. The SMILES string of the molecule is Cl.Nc1ncc(-c2nc(N3CCOCC3)nc(N3CCN(C(=O)COCC4CCCNC4)CC3)n2)c(C(F)F)n1. The predicted molar refractivity (Wildman–Crippen MR) is 146 cm³/mol. The van der Waals surface area contributed by atoms with E-state index in [4.69, 9.17) is 15.2 Å². The number of hydrogen-bond acceptors (Lipinski definition) is 12. The molecule has 16 heteroatoms. The van der Waals surface area contributed by atoms with Crippen molar-refractivity contribution in [3.63, 3.8) is 0 Å². The number of aromatic nitrogens is 5. The molecule has 1 amide bonds. The molecular formula is C24H35ClF2N10O3. The Morgan fingerprint density at radius 2 is 1.77 bits per heavy atom. The first-order valence-electron chi connectivity index (χ1n) is 13.3. The van der Waals surface area contributed by atoms with Crippen molar-refractivity contribution in [3.05, 3.63) is 11.9 Å². The molecule has 3 saturated heterocycles. The van der Waals surface area contributed by atoms with Gasteiger partial charge in [-0.15, -0.1) is 12.4 Å². The van der Waals surface area contributed by atoms with Crippen LogP contribution in [0.4, 0.5) is 26.6 Å². The number of amides is 1. The number of nitrogens with two attached hydrogens (primary N) is 1. The Morgan fingerprint density at radius 1 is 1.07 bits per heavy atom. The minimum atomic E-state index is -2.89. The molecule has 0 bridgehead atoms. The standard InChI is InChI=1S/C24H34F2N10O3.ClH/c25-20(26)19-17(13-29-22(27)30-19)21-31-23(33-24(32-21)36-8-10-38-11-9-36)35-6-4-34(5-7-35)18(37)15-39-14-16-2-1-3-28-12-16;/h13,16,20,28H,1-12,14-15H2,(H2,27,29,30);1H. The zero-order chi connectivity index (χ0) is 27.2. The summed E-state index contributed by atoms with van der Waals surface area (Å²) in [5, 5.41) is 3.35. The van der Waals surface area contributed by atoms with Gasteiger partial charge in [0.25, 0.3) is 6.43 Å². The van der Waals surface area contributed by atoms with E-state index in [1.54, 1.807) is 4.90 Å². The third kappa shape index (κ3) is 7.38. The molecule has 2 aromatic heterocycles. The van der Waals surface area contributed by atoms with Crippen LogP contribution >= 0.6 is 12.4 Å². The van der Waals surface area contributed by atoms with E-state index in [0.29, 0.717) is 76.9 Å². The molecule has 0 radical (unpaired) electrons. The molecule has 1 unspecified atom stereocenters. The van der Waals surface area contributed by atoms with Crippen LogP contribution in [0.5, 0.6) is 0 Å². The lowest BCUT2D eigenvalue weighted by molar-refractivity contribution is -0.137. The summed E-state index contributed by atoms with van der Waals surface area (Å²) in [6.45, 7) is 6.61. The number of ether oxygens (including phenoxy) is 2. The Labute approximate surface area is 237 Å². The van der Waals surface area contributed by atoms with Crippen LogP contribution in [0.1, 0.15) is 25.0 Å². The van der Waals surface area contributed by atoms with Crippen molar-refractivity contribution in [1.29, 1.82) is 0 Å². The lowest BCUT2D eigenvalue weighted by Gasteiger charge is -2.35. The minimum Gasteiger partial charge on any atom is -0.378 e. The van der Waals surface area contributed by atoms with E-state index in [2.05, 4.69) is 30.2 Å². The summed E-state index contributed by atoms with van der Waals surface area (Å²) in [4.78, 5) is 39.6. The molecule has 13 nitrogen and oxygen atoms in total. The molecule has 0 spiro atoms. The number of piperazine rings is 1. The molecular weight excluding hydrogens is 550 g/mol. The maximum atomic E-state index is 13.8. The van der Waals surface area contributed by atoms with Crippen LogP contribution in [0.3, 0.4) is 0 Å². The van der Waals surface area contributed by atoms with E-state index >= 15 is 0 Å². The largest absolute Gasteiger partial charge is 0.378 e. The number of alkyl halides is 2. The van der Waals surface area contributed by atoms with Crippen molar-refractivity contribution in [2.45, 2.75) is 19.3 Å². The molecule has 3 aliphatic rings. The van der Waals surface area contributed by atoms with Crippen molar-refractivity contribution in [2.75, 3.05) is 94.3 Å². The van der Waals surface area contributed by atoms with Gasteiger partial charge in [0.15, 0.2) is 5.82 Å². The van der Waals surface area contributed by atoms with Crippen LogP contribution in [0.15, 0.2) is 6.20 Å². The second-order valence-electron chi connectivity index (χ2n) is 9.78. The van der Waals surface area contributed by atoms with E-state index in [1.807, 2.05) is 9.80 Å². The minimum absolute atomic E-state index is 0. The van der Waals surface area contributed by atoms with Gasteiger partial charge in [0.05, 0.1) is 25.4 Å². The summed E-state index contributed by atoms with van der Waals surface area (Å²) in [5.41, 5.74) is 5.02. The molecule has 5 heterocycles. The van der Waals surface area contributed by atoms with Crippen LogP contribution in [-0.4, -0.2) is 115 Å². The monoisotopic (exact) mass is 584 g/mol. The van der Waals surface area contributed by atoms with Crippen LogP contribution in [0, 0.1) is 5.92 Å². The molecule has 0 saturated carbocycles. The summed E-state index contributed by atoms with van der Waals surface area (Å²) in [6.07, 6.45) is 0.571. The van der Waals surface area contributed by atoms with Gasteiger partial charge >= 0.3 is 0 Å². The van der Waals surface area contributed by atoms with Crippen molar-refractivity contribution in [1.82, 2.24) is 35.1 Å². The highest BCUT2D eigenvalue weighted by molar-refractivity contribution is 5.85. The van der Waals surface area contributed by atoms with Gasteiger partial charge in [-0.2, -0.15) is 15.0 Å². The van der Waals surface area contributed by atoms with Gasteiger partial charge in [-0.25, -0.2) is 18.7 Å². The first-order valence-corrected chi connectivity index (χ1v) is 13.3. The number of anilines is 3. The average molecular weight is 585 g/mol. The molecule has 3 aliphatic heterocycles. The Kier molecular flexibility index (Phi) is 10.5. The molecule has 0 aromatic carbocycles. The molecule has 0 aliphatic carbocycles. The van der Waals surface area contributed by atoms with Crippen molar-refractivity contribution >= 4 is 36.2 Å². The number of piperidine rings is 1. The van der Waals surface area contributed by atoms with E-state index in [-0.39, 0.29) is 42.3 Å². The summed E-state index contributed by atoms with van der Waals surface area (Å²) in [7, 11) is 0. The number of morpholine rings is 1. The van der Waals surface area contributed by atoms with E-state index < -0.39 is 12.1 Å². The number of nitrogens with zero attached hydrogens (tertiary/aromatic N) is 8. The third-order valence-corrected chi connectivity index (χ3v) is 7.08. The van der Waals surface area contributed by atoms with Gasteiger partial charge in [0, 0.05) is 52.0 Å². The second kappa shape index (κ2) is 14.1. The number of hydrogen-bond donors (Lipinski definition) is 2. The van der Waals surface area contributed by atoms with Gasteiger partial charge in [0.1, 0.15) is 12.3 Å². The highest BCUT2D eigenvalue weighted by Gasteiger charge is 2.27. The van der Waals surface area contributed by atoms with E-state index in [1.165, 1.54) is 6.20 Å². The Morgan fingerprint density at radius 3 is 2.42 bits per heavy atom. The van der Waals surface area contributed by atoms with Gasteiger partial charge < -0.3 is 35.2 Å². The van der Waals surface area contributed by atoms with E-state index in [0.717, 1.165) is 25.9 Å². The quantitative estimate of drug-likeness (QED) is 0.451. The topological polar surface area (TPSA) is 148 Å². The van der Waals surface area contributed by atoms with Crippen LogP contribution < -0.4 is 20.9 Å². The number of nitrogens with one attached hydrogen (secondary N) is 1. The number of halogens is 3. The Balaban J connectivity index is 0.00000370. The number of carbonyl (C=O) groups is 1. The van der Waals surface area contributed by atoms with Crippen LogP contribution in [-0.2, 0) is 14.3 Å². The number of nitrogen functional groups attached to an aromatic ring is 1. The smallest absolute Gasteiger partial charge is 0.281 e. The molecule has 1 atom stereocenters. The van der Waals surface area contributed by atoms with Crippen molar-refractivity contribution < 1.29 is 23.0 Å². The lowest BCUT2D eigenvalue weighted by Crippen LogP contribution is -2.50. The zero-order valence-corrected chi connectivity index (χ0v) is 23.0. The molecule has 2 aromatic rings. The fourth-order valence-corrected chi connectivity index (χ4v) is 4.89. The molecule has 220 valence electrons. The second-order valence-corrected chi connectivity index (χ2v) is 9.78. The highest BCUT2D eigenvalue weighted by atomic mass is 35.5. The zero-order valence-electron chi connectivity index (χ0n) is 22.2. The van der Waals surface area contributed by atoms with Crippen LogP contribution in [0.25, 0.3) is 11.4 Å². The predicted octanol–water partition coefficient (Wildman–Crippen LogP) is 0.772. The summed E-state index contributed by atoms with van der Waals surface area (Å²) < 4.78 is 38.8. The molecule has 40 heavy (non-hydrogen) atoms. The fraction of sp³-hybridized carbons (Fsp3) is 0.667. The normalized spacial score (nSPS) is 20.0. The first kappa shape index (κ1) is 30.0. The van der Waals surface area contributed by atoms with Gasteiger partial charge in [-0.05, 0) is 25.3 Å². The molecule has 5 rings (SSSR count). The van der Waals surface area contributed by atoms with Crippen molar-refractivity contribution in [2.24, 2.45) is 5.92 Å². The van der Waals surface area contributed by atoms with Gasteiger partial charge in [0.2, 0.25) is 23.8 Å². The maximum Gasteiger partial charge on any atom is 0.281 e. The summed E-state index contributed by atoms with van der Waals surface area (Å²) in [5.74, 6) is 0.882. The Hall–Kier alpha value is -3.01. The maximum absolute atomic E-state index is 13.8. The molecule has 3 N–H and O–H groups in total. The van der Waals surface area contributed by atoms with Gasteiger partial charge in [-0.3, -0.25) is 4.79 Å². The number of carbonyl (C=O) groups excluding carboxylic acids is 1. The third-order valence-electron chi connectivity index (χ3n) is 7.08. The first-order chi connectivity index (χ1) is 19.0. The number of rotatable bonds is 8. The lowest BCUT2D eigenvalue weighted by atomic mass is 10.0. The Bertz CT molecular complexity index is 1130.